The number of hydrogen-bond acceptors (Lipinski definition) is 7. The standard InChI is InChI=1S/C15H20N4O5S/c1-4-19(5-2)25(21,22)12-8-6-11(7-9-12)14(20)16-15-18-17-13(24-15)10-23-3/h6-9H,4-5,10H2,1-3H3,(H,16,18,20). The molecule has 1 heterocycles. The van der Waals surface area contributed by atoms with Gasteiger partial charge in [0.05, 0.1) is 4.90 Å². The number of ether oxygens (including phenoxy) is 1. The maximum atomic E-state index is 12.4. The summed E-state index contributed by atoms with van der Waals surface area (Å²) in [5.41, 5.74) is 0.269. The second-order valence-corrected chi connectivity index (χ2v) is 6.94. The summed E-state index contributed by atoms with van der Waals surface area (Å²) in [5, 5.41) is 9.81. The molecule has 1 aromatic carbocycles. The Balaban J connectivity index is 2.12. The number of carbonyl (C=O) groups is 1. The molecule has 0 aliphatic heterocycles. The summed E-state index contributed by atoms with van der Waals surface area (Å²) in [6.07, 6.45) is 0. The van der Waals surface area contributed by atoms with Gasteiger partial charge in [0.1, 0.15) is 6.61 Å². The van der Waals surface area contributed by atoms with Gasteiger partial charge < -0.3 is 9.15 Å². The molecule has 0 aliphatic carbocycles. The average molecular weight is 368 g/mol. The number of hydrogen-bond donors (Lipinski definition) is 1. The van der Waals surface area contributed by atoms with E-state index in [-0.39, 0.29) is 29.0 Å². The van der Waals surface area contributed by atoms with Crippen LogP contribution >= 0.6 is 0 Å². The highest BCUT2D eigenvalue weighted by Gasteiger charge is 2.22. The van der Waals surface area contributed by atoms with Gasteiger partial charge >= 0.3 is 6.01 Å². The van der Waals surface area contributed by atoms with Crippen molar-refractivity contribution in [1.29, 1.82) is 0 Å². The van der Waals surface area contributed by atoms with Crippen molar-refractivity contribution < 1.29 is 22.4 Å². The zero-order chi connectivity index (χ0) is 18.4. The molecule has 0 fully saturated rings. The van der Waals surface area contributed by atoms with E-state index in [9.17, 15) is 13.2 Å². The van der Waals surface area contributed by atoms with Crippen LogP contribution in [0.3, 0.4) is 0 Å². The van der Waals surface area contributed by atoms with E-state index in [0.29, 0.717) is 13.1 Å². The lowest BCUT2D eigenvalue weighted by Gasteiger charge is -2.18. The normalized spacial score (nSPS) is 11.7. The van der Waals surface area contributed by atoms with Crippen LogP contribution in [0.5, 0.6) is 0 Å². The van der Waals surface area contributed by atoms with Gasteiger partial charge in [-0.25, -0.2) is 8.42 Å². The monoisotopic (exact) mass is 368 g/mol. The molecule has 0 saturated carbocycles. The van der Waals surface area contributed by atoms with E-state index in [4.69, 9.17) is 9.15 Å². The van der Waals surface area contributed by atoms with E-state index in [1.165, 1.54) is 35.7 Å². The third kappa shape index (κ3) is 4.41. The van der Waals surface area contributed by atoms with Gasteiger partial charge in [0, 0.05) is 25.8 Å². The summed E-state index contributed by atoms with van der Waals surface area (Å²) in [4.78, 5) is 12.3. The number of carbonyl (C=O) groups excluding carboxylic acids is 1. The minimum absolute atomic E-state index is 0.0584. The summed E-state index contributed by atoms with van der Waals surface area (Å²) in [7, 11) is -2.08. The summed E-state index contributed by atoms with van der Waals surface area (Å²) in [6.45, 7) is 4.43. The topological polar surface area (TPSA) is 115 Å². The van der Waals surface area contributed by atoms with Crippen LogP contribution in [0.4, 0.5) is 6.01 Å². The third-order valence-electron chi connectivity index (χ3n) is 3.41. The number of sulfonamides is 1. The van der Waals surface area contributed by atoms with Crippen molar-refractivity contribution in [2.24, 2.45) is 0 Å². The van der Waals surface area contributed by atoms with Gasteiger partial charge in [0.15, 0.2) is 0 Å². The van der Waals surface area contributed by atoms with Gasteiger partial charge in [-0.3, -0.25) is 10.1 Å². The SMILES string of the molecule is CCN(CC)S(=O)(=O)c1ccc(C(=O)Nc2nnc(COC)o2)cc1. The number of nitrogens with one attached hydrogen (secondary N) is 1. The Morgan fingerprint density at radius 3 is 2.40 bits per heavy atom. The summed E-state index contributed by atoms with van der Waals surface area (Å²) < 4.78 is 36.2. The van der Waals surface area contributed by atoms with Crippen LogP contribution in [-0.2, 0) is 21.4 Å². The molecule has 0 unspecified atom stereocenters. The number of nitrogens with zero attached hydrogens (tertiary/aromatic N) is 3. The van der Waals surface area contributed by atoms with Crippen molar-refractivity contribution in [3.63, 3.8) is 0 Å². The quantitative estimate of drug-likeness (QED) is 0.751. The van der Waals surface area contributed by atoms with Crippen LogP contribution < -0.4 is 5.32 Å². The van der Waals surface area contributed by atoms with Crippen molar-refractivity contribution >= 4 is 21.9 Å². The second kappa shape index (κ2) is 8.19. The lowest BCUT2D eigenvalue weighted by atomic mass is 10.2. The lowest BCUT2D eigenvalue weighted by molar-refractivity contribution is 0.102. The van der Waals surface area contributed by atoms with E-state index < -0.39 is 15.9 Å². The first-order valence-corrected chi connectivity index (χ1v) is 9.09. The van der Waals surface area contributed by atoms with Gasteiger partial charge in [-0.15, -0.1) is 5.10 Å². The number of amides is 1. The van der Waals surface area contributed by atoms with Crippen molar-refractivity contribution in [2.75, 3.05) is 25.5 Å². The fourth-order valence-electron chi connectivity index (χ4n) is 2.15. The summed E-state index contributed by atoms with van der Waals surface area (Å²) in [6, 6.07) is 5.59. The van der Waals surface area contributed by atoms with E-state index in [1.807, 2.05) is 0 Å². The molecule has 1 amide bonds. The van der Waals surface area contributed by atoms with Crippen molar-refractivity contribution in [2.45, 2.75) is 25.3 Å². The molecule has 0 spiro atoms. The van der Waals surface area contributed by atoms with Crippen LogP contribution in [-0.4, -0.2) is 49.0 Å². The Bertz CT molecular complexity index is 813. The molecule has 136 valence electrons. The Hall–Kier alpha value is -2.30. The number of methoxy groups -OCH3 is 1. The molecule has 0 bridgehead atoms. The molecule has 0 saturated heterocycles. The first kappa shape index (κ1) is 19.0. The molecule has 2 aromatic rings. The number of benzene rings is 1. The second-order valence-electron chi connectivity index (χ2n) is 5.00. The maximum absolute atomic E-state index is 12.4. The molecule has 0 aliphatic rings. The Morgan fingerprint density at radius 2 is 1.84 bits per heavy atom. The van der Waals surface area contributed by atoms with Crippen molar-refractivity contribution in [3.8, 4) is 0 Å². The highest BCUT2D eigenvalue weighted by atomic mass is 32.2. The molecular formula is C15H20N4O5S. The van der Waals surface area contributed by atoms with E-state index in [0.717, 1.165) is 0 Å². The minimum atomic E-state index is -3.56. The van der Waals surface area contributed by atoms with Gasteiger partial charge in [-0.1, -0.05) is 18.9 Å². The van der Waals surface area contributed by atoms with Crippen LogP contribution in [0, 0.1) is 0 Å². The number of anilines is 1. The fraction of sp³-hybridized carbons (Fsp3) is 0.400. The Labute approximate surface area is 146 Å². The predicted octanol–water partition coefficient (Wildman–Crippen LogP) is 1.50. The fourth-order valence-corrected chi connectivity index (χ4v) is 3.60. The smallest absolute Gasteiger partial charge is 0.322 e. The average Bonchev–Trinajstić information content (AvgIpc) is 3.03. The van der Waals surface area contributed by atoms with Gasteiger partial charge in [-0.2, -0.15) is 4.31 Å². The molecule has 1 aromatic heterocycles. The number of aromatic nitrogens is 2. The lowest BCUT2D eigenvalue weighted by Crippen LogP contribution is -2.30. The number of rotatable bonds is 8. The van der Waals surface area contributed by atoms with E-state index in [1.54, 1.807) is 13.8 Å². The van der Waals surface area contributed by atoms with Crippen LogP contribution in [0.1, 0.15) is 30.1 Å². The van der Waals surface area contributed by atoms with Crippen LogP contribution in [0.25, 0.3) is 0 Å². The van der Waals surface area contributed by atoms with Gasteiger partial charge in [0.2, 0.25) is 15.9 Å². The first-order valence-electron chi connectivity index (χ1n) is 7.65. The maximum Gasteiger partial charge on any atom is 0.322 e. The van der Waals surface area contributed by atoms with Crippen molar-refractivity contribution in [3.05, 3.63) is 35.7 Å². The molecule has 10 heteroatoms. The van der Waals surface area contributed by atoms with Gasteiger partial charge in [0.25, 0.3) is 5.91 Å². The van der Waals surface area contributed by atoms with Gasteiger partial charge in [-0.05, 0) is 24.3 Å². The highest BCUT2D eigenvalue weighted by molar-refractivity contribution is 7.89. The third-order valence-corrected chi connectivity index (χ3v) is 5.48. The Morgan fingerprint density at radius 1 is 1.20 bits per heavy atom. The minimum Gasteiger partial charge on any atom is -0.405 e. The molecule has 2 rings (SSSR count). The molecule has 25 heavy (non-hydrogen) atoms. The zero-order valence-corrected chi connectivity index (χ0v) is 15.0. The summed E-state index contributed by atoms with van der Waals surface area (Å²) in [5.74, 6) is -0.252. The Kier molecular flexibility index (Phi) is 6.23. The summed E-state index contributed by atoms with van der Waals surface area (Å²) >= 11 is 0. The molecule has 9 nitrogen and oxygen atoms in total. The van der Waals surface area contributed by atoms with Crippen LogP contribution in [0.2, 0.25) is 0 Å². The largest absolute Gasteiger partial charge is 0.405 e. The molecule has 0 radical (unpaired) electrons. The van der Waals surface area contributed by atoms with E-state index >= 15 is 0 Å². The molecule has 0 atom stereocenters. The predicted molar refractivity (Wildman–Crippen MR) is 89.5 cm³/mol. The van der Waals surface area contributed by atoms with E-state index in [2.05, 4.69) is 15.5 Å². The molecule has 1 N–H and O–H groups in total. The molecular weight excluding hydrogens is 348 g/mol. The highest BCUT2D eigenvalue weighted by Crippen LogP contribution is 2.17. The van der Waals surface area contributed by atoms with Crippen molar-refractivity contribution in [1.82, 2.24) is 14.5 Å². The zero-order valence-electron chi connectivity index (χ0n) is 14.2. The van der Waals surface area contributed by atoms with Crippen LogP contribution in [0.15, 0.2) is 33.6 Å². The first-order chi connectivity index (χ1) is 11.9.